The van der Waals surface area contributed by atoms with E-state index in [1.54, 1.807) is 23.3 Å². The molecule has 0 atom stereocenters. The highest BCUT2D eigenvalue weighted by Gasteiger charge is 2.23. The van der Waals surface area contributed by atoms with Crippen molar-refractivity contribution in [2.45, 2.75) is 32.9 Å². The van der Waals surface area contributed by atoms with Crippen molar-refractivity contribution >= 4 is 28.8 Å². The van der Waals surface area contributed by atoms with Gasteiger partial charge in [0.2, 0.25) is 0 Å². The van der Waals surface area contributed by atoms with Crippen molar-refractivity contribution in [3.63, 3.8) is 0 Å². The van der Waals surface area contributed by atoms with Gasteiger partial charge >= 0.3 is 5.69 Å². The fourth-order valence-corrected chi connectivity index (χ4v) is 2.96. The summed E-state index contributed by atoms with van der Waals surface area (Å²) < 4.78 is 6.80. The molecule has 2 heterocycles. The molecule has 0 spiro atoms. The van der Waals surface area contributed by atoms with E-state index in [9.17, 15) is 9.59 Å². The van der Waals surface area contributed by atoms with Crippen molar-refractivity contribution in [2.75, 3.05) is 37.8 Å². The van der Waals surface area contributed by atoms with Crippen LogP contribution in [-0.2, 0) is 13.1 Å². The largest absolute Gasteiger partial charge is 0.467 e. The Hall–Kier alpha value is -2.59. The molecule has 10 heteroatoms. The van der Waals surface area contributed by atoms with Crippen LogP contribution in [0.3, 0.4) is 0 Å². The van der Waals surface area contributed by atoms with Gasteiger partial charge in [-0.25, -0.2) is 4.79 Å². The highest BCUT2D eigenvalue weighted by Crippen LogP contribution is 2.20. The van der Waals surface area contributed by atoms with E-state index in [1.165, 1.54) is 9.47 Å². The van der Waals surface area contributed by atoms with Crippen LogP contribution < -0.4 is 32.1 Å². The number of likely N-dealkylation sites (N-methyl/N-ethyl adjacent to an activating group) is 1. The monoisotopic (exact) mass is 409 g/mol. The quantitative estimate of drug-likeness (QED) is 0.414. The van der Waals surface area contributed by atoms with Gasteiger partial charge in [0.15, 0.2) is 10.8 Å². The molecule has 2 rings (SSSR count). The van der Waals surface area contributed by atoms with Gasteiger partial charge in [0.25, 0.3) is 5.56 Å². The summed E-state index contributed by atoms with van der Waals surface area (Å²) in [5, 5.41) is 3.50. The lowest BCUT2D eigenvalue weighted by molar-refractivity contribution is -0.856. The van der Waals surface area contributed by atoms with Gasteiger partial charge in [-0.2, -0.15) is 0 Å². The molecule has 0 aliphatic carbocycles. The van der Waals surface area contributed by atoms with Gasteiger partial charge in [-0.05, 0) is 30.8 Å². The predicted molar refractivity (Wildman–Crippen MR) is 114 cm³/mol. The molecule has 0 saturated heterocycles. The number of aromatic amines is 1. The summed E-state index contributed by atoms with van der Waals surface area (Å²) in [6, 6.07) is 3.55. The zero-order valence-electron chi connectivity index (χ0n) is 16.6. The van der Waals surface area contributed by atoms with Crippen LogP contribution in [0, 0.1) is 0 Å². The minimum absolute atomic E-state index is 0.0936. The molecular weight excluding hydrogens is 380 g/mol. The minimum Gasteiger partial charge on any atom is -0.467 e. The maximum atomic E-state index is 12.6. The van der Waals surface area contributed by atoms with Crippen molar-refractivity contribution in [3.8, 4) is 0 Å². The van der Waals surface area contributed by atoms with Crippen LogP contribution in [0.25, 0.3) is 0 Å². The number of nitrogens with one attached hydrogen (secondary N) is 3. The predicted octanol–water partition coefficient (Wildman–Crippen LogP) is -0.462. The van der Waals surface area contributed by atoms with Crippen molar-refractivity contribution < 1.29 is 9.32 Å². The number of furan rings is 1. The molecule has 2 aromatic heterocycles. The third kappa shape index (κ3) is 5.46. The molecule has 0 aliphatic rings. The summed E-state index contributed by atoms with van der Waals surface area (Å²) in [7, 11) is 4.08. The first kappa shape index (κ1) is 21.7. The highest BCUT2D eigenvalue weighted by atomic mass is 32.1. The molecule has 0 radical (unpaired) electrons. The zero-order valence-corrected chi connectivity index (χ0v) is 17.4. The summed E-state index contributed by atoms with van der Waals surface area (Å²) in [4.78, 5) is 30.0. The van der Waals surface area contributed by atoms with Crippen LogP contribution in [0.1, 0.15) is 25.5 Å². The van der Waals surface area contributed by atoms with E-state index in [0.29, 0.717) is 24.0 Å². The molecule has 0 bridgehead atoms. The number of hydrogen-bond acceptors (Lipinski definition) is 5. The maximum Gasteiger partial charge on any atom is 0.330 e. The fraction of sp³-hybridized carbons (Fsp3) is 0.500. The molecule has 0 aromatic carbocycles. The van der Waals surface area contributed by atoms with E-state index in [0.717, 1.165) is 19.4 Å². The Labute approximate surface area is 169 Å². The van der Waals surface area contributed by atoms with Crippen molar-refractivity contribution in [2.24, 2.45) is 0 Å². The van der Waals surface area contributed by atoms with Gasteiger partial charge in [-0.1, -0.05) is 13.3 Å². The number of H-pyrrole nitrogens is 1. The molecule has 0 aliphatic heterocycles. The van der Waals surface area contributed by atoms with E-state index in [1.807, 2.05) is 21.0 Å². The van der Waals surface area contributed by atoms with Gasteiger partial charge in [0.1, 0.15) is 11.6 Å². The van der Waals surface area contributed by atoms with Gasteiger partial charge < -0.3 is 25.3 Å². The van der Waals surface area contributed by atoms with E-state index in [2.05, 4.69) is 10.3 Å². The molecule has 9 nitrogen and oxygen atoms in total. The zero-order chi connectivity index (χ0) is 20.7. The molecular formula is C18H29N6O3S+. The molecule has 0 unspecified atom stereocenters. The lowest BCUT2D eigenvalue weighted by Crippen LogP contribution is -3.06. The summed E-state index contributed by atoms with van der Waals surface area (Å²) in [5.41, 5.74) is 5.29. The normalized spacial score (nSPS) is 11.0. The first-order valence-corrected chi connectivity index (χ1v) is 9.75. The Morgan fingerprint density at radius 2 is 2.18 bits per heavy atom. The SMILES string of the molecule is CCCCn1c(N)c(N(Cc2ccco2)C(=S)NCC[NH+](C)C)c(=O)[nH]c1=O. The Morgan fingerprint density at radius 3 is 2.79 bits per heavy atom. The van der Waals surface area contributed by atoms with Crippen LogP contribution in [0.15, 0.2) is 32.4 Å². The summed E-state index contributed by atoms with van der Waals surface area (Å²) in [6.45, 7) is 4.12. The Balaban J connectivity index is 2.42. The molecule has 0 fully saturated rings. The standard InChI is InChI=1S/C18H28N6O3S/c1-4-5-9-23-15(19)14(16(25)21-17(23)26)24(12-13-7-6-11-27-13)18(28)20-8-10-22(2)3/h6-7,11H,4-5,8-10,12,19H2,1-3H3,(H,20,28)(H,21,25,26)/p+1. The average molecular weight is 410 g/mol. The summed E-state index contributed by atoms with van der Waals surface area (Å²) in [6.07, 6.45) is 3.21. The van der Waals surface area contributed by atoms with Crippen molar-refractivity contribution in [3.05, 3.63) is 45.0 Å². The molecule has 28 heavy (non-hydrogen) atoms. The van der Waals surface area contributed by atoms with Gasteiger partial charge in [0.05, 0.1) is 40.0 Å². The summed E-state index contributed by atoms with van der Waals surface area (Å²) >= 11 is 5.53. The number of quaternary nitrogens is 1. The number of unbranched alkanes of at least 4 members (excludes halogenated alkanes) is 1. The number of nitrogen functional groups attached to an aromatic ring is 1. The Morgan fingerprint density at radius 1 is 1.43 bits per heavy atom. The fourth-order valence-electron chi connectivity index (χ4n) is 2.70. The lowest BCUT2D eigenvalue weighted by Gasteiger charge is -2.26. The van der Waals surface area contributed by atoms with Crippen LogP contribution in [-0.4, -0.2) is 41.8 Å². The second-order valence-electron chi connectivity index (χ2n) is 6.85. The Bertz CT molecular complexity index is 888. The molecule has 0 amide bonds. The van der Waals surface area contributed by atoms with E-state index >= 15 is 0 Å². The number of nitrogens with two attached hydrogens (primary N) is 1. The van der Waals surface area contributed by atoms with Crippen LogP contribution in [0.2, 0.25) is 0 Å². The average Bonchev–Trinajstić information content (AvgIpc) is 3.13. The van der Waals surface area contributed by atoms with Crippen LogP contribution in [0.4, 0.5) is 11.5 Å². The van der Waals surface area contributed by atoms with Gasteiger partial charge in [-0.3, -0.25) is 14.3 Å². The minimum atomic E-state index is -0.579. The first-order chi connectivity index (χ1) is 13.3. The third-order valence-electron chi connectivity index (χ3n) is 4.26. The Kier molecular flexibility index (Phi) is 7.82. The first-order valence-electron chi connectivity index (χ1n) is 9.34. The van der Waals surface area contributed by atoms with E-state index in [4.69, 9.17) is 22.4 Å². The summed E-state index contributed by atoms with van der Waals surface area (Å²) in [5.74, 6) is 0.712. The van der Waals surface area contributed by atoms with E-state index < -0.39 is 11.2 Å². The number of anilines is 2. The highest BCUT2D eigenvalue weighted by molar-refractivity contribution is 7.80. The second kappa shape index (κ2) is 10.1. The smallest absolute Gasteiger partial charge is 0.330 e. The van der Waals surface area contributed by atoms with E-state index in [-0.39, 0.29) is 18.1 Å². The van der Waals surface area contributed by atoms with Crippen LogP contribution >= 0.6 is 12.2 Å². The number of hydrogen-bond donors (Lipinski definition) is 4. The van der Waals surface area contributed by atoms with Crippen molar-refractivity contribution in [1.29, 1.82) is 0 Å². The molecule has 5 N–H and O–H groups in total. The maximum absolute atomic E-state index is 12.6. The van der Waals surface area contributed by atoms with Crippen LogP contribution in [0.5, 0.6) is 0 Å². The molecule has 154 valence electrons. The topological polar surface area (TPSA) is 114 Å². The lowest BCUT2D eigenvalue weighted by atomic mass is 10.3. The van der Waals surface area contributed by atoms with Gasteiger partial charge in [-0.15, -0.1) is 0 Å². The van der Waals surface area contributed by atoms with Crippen molar-refractivity contribution in [1.82, 2.24) is 14.9 Å². The number of thiocarbonyl (C=S) groups is 1. The third-order valence-corrected chi connectivity index (χ3v) is 4.62. The molecule has 2 aromatic rings. The second-order valence-corrected chi connectivity index (χ2v) is 7.24. The molecule has 0 saturated carbocycles. The number of nitrogens with zero attached hydrogens (tertiary/aromatic N) is 2. The number of aromatic nitrogens is 2. The van der Waals surface area contributed by atoms with Gasteiger partial charge in [0, 0.05) is 6.54 Å². The number of rotatable bonds is 9.